The molecule has 0 radical (unpaired) electrons. The second-order valence-electron chi connectivity index (χ2n) is 6.62. The second-order valence-corrected chi connectivity index (χ2v) is 7.65. The molecule has 28 heavy (non-hydrogen) atoms. The van der Waals surface area contributed by atoms with Gasteiger partial charge in [0.05, 0.1) is 12.2 Å². The molecule has 1 amide bonds. The molecule has 0 aliphatic rings. The van der Waals surface area contributed by atoms with E-state index in [-0.39, 0.29) is 12.5 Å². The lowest BCUT2D eigenvalue weighted by atomic mass is 10.3. The van der Waals surface area contributed by atoms with Crippen molar-refractivity contribution >= 4 is 23.1 Å². The van der Waals surface area contributed by atoms with Crippen LogP contribution in [-0.2, 0) is 11.3 Å². The van der Waals surface area contributed by atoms with Crippen LogP contribution in [0.25, 0.3) is 5.95 Å². The Kier molecular flexibility index (Phi) is 6.33. The molecule has 3 heterocycles. The minimum Gasteiger partial charge on any atom is -0.309 e. The van der Waals surface area contributed by atoms with Gasteiger partial charge in [0.25, 0.3) is 5.95 Å². The van der Waals surface area contributed by atoms with Gasteiger partial charge in [-0.1, -0.05) is 12.1 Å². The second kappa shape index (κ2) is 8.90. The van der Waals surface area contributed by atoms with Gasteiger partial charge in [-0.2, -0.15) is 9.78 Å². The van der Waals surface area contributed by atoms with E-state index in [0.29, 0.717) is 24.9 Å². The normalized spacial score (nSPS) is 11.0. The number of carbonyl (C=O) groups is 1. The zero-order valence-corrected chi connectivity index (χ0v) is 17.2. The van der Waals surface area contributed by atoms with Crippen molar-refractivity contribution in [2.45, 2.75) is 27.3 Å². The first-order valence-corrected chi connectivity index (χ1v) is 9.87. The molecule has 0 saturated heterocycles. The van der Waals surface area contributed by atoms with E-state index in [4.69, 9.17) is 0 Å². The number of carbonyl (C=O) groups excluding carboxylic acids is 1. The summed E-state index contributed by atoms with van der Waals surface area (Å²) in [6.07, 6.45) is 1.80. The van der Waals surface area contributed by atoms with Gasteiger partial charge in [-0.3, -0.25) is 9.69 Å². The minimum absolute atomic E-state index is 0.121. The molecule has 146 valence electrons. The molecule has 0 aliphatic heterocycles. The van der Waals surface area contributed by atoms with Gasteiger partial charge in [0.2, 0.25) is 5.91 Å². The van der Waals surface area contributed by atoms with Gasteiger partial charge in [-0.25, -0.2) is 9.97 Å². The topological polar surface area (TPSA) is 75.9 Å². The standard InChI is InChI=1S/C20H24N6OS/c1-5-8-25(12-17-7-6-9-28-17)13-19(27)23-18-11-16(4)24-26(18)20-21-14(2)10-15(3)22-20/h5-7,9-11H,1,8,12-13H2,2-4H3,(H,23,27). The van der Waals surface area contributed by atoms with Gasteiger partial charge in [0.1, 0.15) is 5.82 Å². The quantitative estimate of drug-likeness (QED) is 0.592. The maximum Gasteiger partial charge on any atom is 0.252 e. The molecule has 8 heteroatoms. The van der Waals surface area contributed by atoms with Crippen LogP contribution in [0.3, 0.4) is 0 Å². The third-order valence-corrected chi connectivity index (χ3v) is 4.83. The van der Waals surface area contributed by atoms with E-state index in [0.717, 1.165) is 17.1 Å². The first kappa shape index (κ1) is 19.9. The van der Waals surface area contributed by atoms with Crippen LogP contribution in [0, 0.1) is 20.8 Å². The molecular formula is C20H24N6OS. The molecule has 0 spiro atoms. The summed E-state index contributed by atoms with van der Waals surface area (Å²) in [6, 6.07) is 7.79. The molecule has 0 aromatic carbocycles. The van der Waals surface area contributed by atoms with Crippen LogP contribution >= 0.6 is 11.3 Å². The van der Waals surface area contributed by atoms with Gasteiger partial charge < -0.3 is 5.32 Å². The summed E-state index contributed by atoms with van der Waals surface area (Å²) in [5.41, 5.74) is 2.47. The van der Waals surface area contributed by atoms with Crippen LogP contribution in [0.1, 0.15) is 22.0 Å². The van der Waals surface area contributed by atoms with Crippen molar-refractivity contribution in [1.82, 2.24) is 24.6 Å². The van der Waals surface area contributed by atoms with Crippen molar-refractivity contribution < 1.29 is 4.79 Å². The zero-order chi connectivity index (χ0) is 20.1. The third-order valence-electron chi connectivity index (χ3n) is 3.97. The number of amides is 1. The van der Waals surface area contributed by atoms with Crippen molar-refractivity contribution in [3.63, 3.8) is 0 Å². The number of hydrogen-bond donors (Lipinski definition) is 1. The summed E-state index contributed by atoms with van der Waals surface area (Å²) in [5.74, 6) is 0.883. The van der Waals surface area contributed by atoms with Crippen LogP contribution in [-0.4, -0.2) is 43.6 Å². The van der Waals surface area contributed by atoms with Crippen LogP contribution in [0.15, 0.2) is 42.3 Å². The molecule has 0 fully saturated rings. The van der Waals surface area contributed by atoms with E-state index < -0.39 is 0 Å². The Morgan fingerprint density at radius 3 is 2.64 bits per heavy atom. The largest absolute Gasteiger partial charge is 0.309 e. The van der Waals surface area contributed by atoms with E-state index in [2.05, 4.69) is 33.0 Å². The van der Waals surface area contributed by atoms with E-state index >= 15 is 0 Å². The van der Waals surface area contributed by atoms with E-state index in [1.54, 1.807) is 22.1 Å². The Morgan fingerprint density at radius 1 is 1.25 bits per heavy atom. The Labute approximate surface area is 168 Å². The number of thiophene rings is 1. The lowest BCUT2D eigenvalue weighted by molar-refractivity contribution is -0.117. The lowest BCUT2D eigenvalue weighted by Crippen LogP contribution is -2.33. The van der Waals surface area contributed by atoms with Crippen LogP contribution in [0.5, 0.6) is 0 Å². The number of aryl methyl sites for hydroxylation is 3. The fourth-order valence-corrected chi connectivity index (χ4v) is 3.67. The smallest absolute Gasteiger partial charge is 0.252 e. The number of hydrogen-bond acceptors (Lipinski definition) is 6. The zero-order valence-electron chi connectivity index (χ0n) is 16.3. The fraction of sp³-hybridized carbons (Fsp3) is 0.300. The van der Waals surface area contributed by atoms with Crippen LogP contribution < -0.4 is 5.32 Å². The van der Waals surface area contributed by atoms with Crippen LogP contribution in [0.2, 0.25) is 0 Å². The molecule has 3 aromatic heterocycles. The summed E-state index contributed by atoms with van der Waals surface area (Å²) >= 11 is 1.68. The van der Waals surface area contributed by atoms with Gasteiger partial charge >= 0.3 is 0 Å². The van der Waals surface area contributed by atoms with Gasteiger partial charge in [-0.05, 0) is 38.3 Å². The maximum atomic E-state index is 12.7. The molecule has 0 unspecified atom stereocenters. The number of rotatable bonds is 8. The number of nitrogens with one attached hydrogen (secondary N) is 1. The minimum atomic E-state index is -0.121. The van der Waals surface area contributed by atoms with E-state index in [1.165, 1.54) is 4.88 Å². The number of anilines is 1. The summed E-state index contributed by atoms with van der Waals surface area (Å²) in [5, 5.41) is 9.42. The predicted molar refractivity (Wildman–Crippen MR) is 112 cm³/mol. The van der Waals surface area contributed by atoms with Crippen molar-refractivity contribution in [1.29, 1.82) is 0 Å². The Morgan fingerprint density at radius 2 is 2.00 bits per heavy atom. The maximum absolute atomic E-state index is 12.7. The highest BCUT2D eigenvalue weighted by Gasteiger charge is 2.16. The Hall–Kier alpha value is -2.84. The molecule has 0 aliphatic carbocycles. The van der Waals surface area contributed by atoms with Crippen molar-refractivity contribution in [3.05, 3.63) is 64.3 Å². The summed E-state index contributed by atoms with van der Waals surface area (Å²) in [6.45, 7) is 11.1. The Bertz CT molecular complexity index is 943. The molecule has 0 bridgehead atoms. The van der Waals surface area contributed by atoms with Gasteiger partial charge in [-0.15, -0.1) is 17.9 Å². The molecule has 0 atom stereocenters. The highest BCUT2D eigenvalue weighted by atomic mass is 32.1. The van der Waals surface area contributed by atoms with Crippen molar-refractivity contribution in [2.75, 3.05) is 18.4 Å². The van der Waals surface area contributed by atoms with Crippen LogP contribution in [0.4, 0.5) is 5.82 Å². The molecule has 1 N–H and O–H groups in total. The first-order chi connectivity index (χ1) is 13.4. The summed E-state index contributed by atoms with van der Waals surface area (Å²) in [4.78, 5) is 24.8. The molecular weight excluding hydrogens is 372 g/mol. The SMILES string of the molecule is C=CCN(CC(=O)Nc1cc(C)nn1-c1nc(C)cc(C)n1)Cc1cccs1. The van der Waals surface area contributed by atoms with E-state index in [9.17, 15) is 4.79 Å². The fourth-order valence-electron chi connectivity index (χ4n) is 2.92. The lowest BCUT2D eigenvalue weighted by Gasteiger charge is -2.19. The first-order valence-electron chi connectivity index (χ1n) is 8.99. The number of nitrogens with zero attached hydrogens (tertiary/aromatic N) is 5. The van der Waals surface area contributed by atoms with Crippen molar-refractivity contribution in [3.8, 4) is 5.95 Å². The van der Waals surface area contributed by atoms with Crippen molar-refractivity contribution in [2.24, 2.45) is 0 Å². The predicted octanol–water partition coefficient (Wildman–Crippen LogP) is 3.28. The molecule has 7 nitrogen and oxygen atoms in total. The monoisotopic (exact) mass is 396 g/mol. The highest BCUT2D eigenvalue weighted by molar-refractivity contribution is 7.09. The highest BCUT2D eigenvalue weighted by Crippen LogP contribution is 2.16. The number of aromatic nitrogens is 4. The summed E-state index contributed by atoms with van der Waals surface area (Å²) in [7, 11) is 0. The summed E-state index contributed by atoms with van der Waals surface area (Å²) < 4.78 is 1.57. The molecule has 3 rings (SSSR count). The molecule has 3 aromatic rings. The average Bonchev–Trinajstić information content (AvgIpc) is 3.23. The van der Waals surface area contributed by atoms with E-state index in [1.807, 2.05) is 49.3 Å². The van der Waals surface area contributed by atoms with Gasteiger partial charge in [0, 0.05) is 35.4 Å². The average molecular weight is 397 g/mol. The third kappa shape index (κ3) is 5.11. The molecule has 0 saturated carbocycles. The Balaban J connectivity index is 1.75. The van der Waals surface area contributed by atoms with Gasteiger partial charge in [0.15, 0.2) is 0 Å².